The van der Waals surface area contributed by atoms with E-state index in [1.807, 2.05) is 20.8 Å². The highest BCUT2D eigenvalue weighted by atomic mass is 32.2. The zero-order valence-corrected chi connectivity index (χ0v) is 20.2. The van der Waals surface area contributed by atoms with Gasteiger partial charge in [0, 0.05) is 0 Å². The Kier molecular flexibility index (Phi) is 10.2. The second-order valence-electron chi connectivity index (χ2n) is 8.88. The number of benzene rings is 1. The van der Waals surface area contributed by atoms with Gasteiger partial charge in [0.15, 0.2) is 5.60 Å². The van der Waals surface area contributed by atoms with Gasteiger partial charge in [0.25, 0.3) is 5.91 Å². The molecule has 182 valence electrons. The van der Waals surface area contributed by atoms with Crippen LogP contribution in [0.3, 0.4) is 0 Å². The van der Waals surface area contributed by atoms with Crippen LogP contribution < -0.4 is 15.8 Å². The highest BCUT2D eigenvalue weighted by Crippen LogP contribution is 2.24. The molecule has 0 heterocycles. The Labute approximate surface area is 190 Å². The lowest BCUT2D eigenvalue weighted by Crippen LogP contribution is -2.63. The molecular formula is C22H36FN3O5S. The Balaban J connectivity index is 3.20. The fraction of sp³-hybridized carbons (Fsp3) is 0.636. The molecule has 0 saturated carbocycles. The first-order valence-electron chi connectivity index (χ1n) is 10.8. The quantitative estimate of drug-likeness (QED) is 0.347. The van der Waals surface area contributed by atoms with Gasteiger partial charge in [0.05, 0.1) is 10.9 Å². The maximum atomic E-state index is 13.2. The van der Waals surface area contributed by atoms with E-state index in [1.54, 1.807) is 13.8 Å². The molecule has 32 heavy (non-hydrogen) atoms. The highest BCUT2D eigenvalue weighted by molar-refractivity contribution is 7.89. The Morgan fingerprint density at radius 1 is 1.16 bits per heavy atom. The second kappa shape index (κ2) is 11.7. The number of amides is 2. The molecule has 1 unspecified atom stereocenters. The molecule has 0 aromatic heterocycles. The van der Waals surface area contributed by atoms with Crippen LogP contribution in [-0.2, 0) is 19.6 Å². The smallest absolute Gasteiger partial charge is 0.251 e. The van der Waals surface area contributed by atoms with Crippen LogP contribution in [-0.4, -0.2) is 43.0 Å². The lowest BCUT2D eigenvalue weighted by atomic mass is 9.83. The van der Waals surface area contributed by atoms with E-state index >= 15 is 0 Å². The average Bonchev–Trinajstić information content (AvgIpc) is 2.69. The van der Waals surface area contributed by atoms with E-state index in [0.29, 0.717) is 12.8 Å². The number of halogens is 1. The van der Waals surface area contributed by atoms with Gasteiger partial charge in [-0.3, -0.25) is 9.59 Å². The van der Waals surface area contributed by atoms with E-state index in [1.165, 1.54) is 0 Å². The summed E-state index contributed by atoms with van der Waals surface area (Å²) in [6, 6.07) is 2.05. The Hall–Kier alpha value is -2.04. The van der Waals surface area contributed by atoms with Gasteiger partial charge >= 0.3 is 0 Å². The van der Waals surface area contributed by atoms with Crippen molar-refractivity contribution in [1.82, 2.24) is 10.0 Å². The predicted octanol–water partition coefficient (Wildman–Crippen LogP) is 2.07. The van der Waals surface area contributed by atoms with Crippen molar-refractivity contribution in [2.24, 2.45) is 17.6 Å². The van der Waals surface area contributed by atoms with Crippen LogP contribution in [0, 0.1) is 17.7 Å². The summed E-state index contributed by atoms with van der Waals surface area (Å²) in [7, 11) is -4.12. The summed E-state index contributed by atoms with van der Waals surface area (Å²) in [4.78, 5) is 25.1. The number of nitrogens with one attached hydrogen (secondary N) is 2. The maximum absolute atomic E-state index is 13.2. The van der Waals surface area contributed by atoms with Crippen molar-refractivity contribution in [2.75, 3.05) is 0 Å². The fourth-order valence-corrected chi connectivity index (χ4v) is 4.71. The third-order valence-corrected chi connectivity index (χ3v) is 6.75. The Bertz CT molecular complexity index is 874. The number of aliphatic hydroxyl groups is 1. The van der Waals surface area contributed by atoms with Crippen molar-refractivity contribution in [1.29, 1.82) is 0 Å². The second-order valence-corrected chi connectivity index (χ2v) is 10.6. The summed E-state index contributed by atoms with van der Waals surface area (Å²) < 4.78 is 41.0. The molecule has 0 bridgehead atoms. The normalized spacial score (nSPS) is 15.9. The van der Waals surface area contributed by atoms with Gasteiger partial charge in [-0.15, -0.1) is 0 Å². The van der Waals surface area contributed by atoms with Crippen LogP contribution in [0.5, 0.6) is 0 Å². The van der Waals surface area contributed by atoms with Crippen LogP contribution in [0.15, 0.2) is 29.2 Å². The number of unbranched alkanes of at least 4 members (excludes halogenated alkanes) is 1. The van der Waals surface area contributed by atoms with E-state index in [9.17, 15) is 27.5 Å². The summed E-state index contributed by atoms with van der Waals surface area (Å²) in [6.07, 6.45) is 1.58. The van der Waals surface area contributed by atoms with Gasteiger partial charge in [0.2, 0.25) is 15.9 Å². The van der Waals surface area contributed by atoms with Crippen molar-refractivity contribution < 1.29 is 27.5 Å². The summed E-state index contributed by atoms with van der Waals surface area (Å²) in [5.41, 5.74) is 3.54. The number of hydrogen-bond acceptors (Lipinski definition) is 5. The molecule has 5 N–H and O–H groups in total. The number of carbonyl (C=O) groups excluding carboxylic acids is 2. The van der Waals surface area contributed by atoms with Crippen LogP contribution in [0.1, 0.15) is 60.3 Å². The van der Waals surface area contributed by atoms with Crippen molar-refractivity contribution in [3.05, 3.63) is 30.1 Å². The lowest BCUT2D eigenvalue weighted by Gasteiger charge is -2.36. The van der Waals surface area contributed by atoms with Gasteiger partial charge in [-0.2, -0.15) is 4.72 Å². The van der Waals surface area contributed by atoms with Crippen molar-refractivity contribution in [3.8, 4) is 0 Å². The van der Waals surface area contributed by atoms with Gasteiger partial charge in [-0.05, 0) is 48.9 Å². The minimum absolute atomic E-state index is 0.0150. The first-order valence-corrected chi connectivity index (χ1v) is 12.3. The zero-order valence-electron chi connectivity index (χ0n) is 19.4. The van der Waals surface area contributed by atoms with Crippen LogP contribution in [0.4, 0.5) is 4.39 Å². The largest absolute Gasteiger partial charge is 0.378 e. The topological polar surface area (TPSA) is 139 Å². The molecule has 1 aromatic carbocycles. The number of carbonyl (C=O) groups is 2. The highest BCUT2D eigenvalue weighted by Gasteiger charge is 2.44. The monoisotopic (exact) mass is 473 g/mol. The summed E-state index contributed by atoms with van der Waals surface area (Å²) in [5, 5.41) is 13.7. The van der Waals surface area contributed by atoms with Crippen LogP contribution in [0.25, 0.3) is 0 Å². The molecule has 0 aliphatic heterocycles. The summed E-state index contributed by atoms with van der Waals surface area (Å²) >= 11 is 0. The molecular weight excluding hydrogens is 437 g/mol. The number of nitrogens with two attached hydrogens (primary N) is 1. The maximum Gasteiger partial charge on any atom is 0.251 e. The number of primary amides is 1. The first kappa shape index (κ1) is 28.0. The summed E-state index contributed by atoms with van der Waals surface area (Å²) in [6.45, 7) is 8.96. The Morgan fingerprint density at radius 3 is 2.16 bits per heavy atom. The molecule has 0 radical (unpaired) electrons. The Morgan fingerprint density at radius 2 is 1.72 bits per heavy atom. The molecule has 1 rings (SSSR count). The molecule has 0 fully saturated rings. The summed E-state index contributed by atoms with van der Waals surface area (Å²) in [5.74, 6) is -2.66. The van der Waals surface area contributed by atoms with E-state index in [0.717, 1.165) is 24.3 Å². The molecule has 0 aliphatic carbocycles. The fourth-order valence-electron chi connectivity index (χ4n) is 3.36. The molecule has 3 atom stereocenters. The predicted molar refractivity (Wildman–Crippen MR) is 120 cm³/mol. The number of hydrogen-bond donors (Lipinski definition) is 4. The molecule has 1 aromatic rings. The van der Waals surface area contributed by atoms with E-state index in [4.69, 9.17) is 5.73 Å². The molecule has 2 amide bonds. The van der Waals surface area contributed by atoms with E-state index in [2.05, 4.69) is 10.0 Å². The van der Waals surface area contributed by atoms with Gasteiger partial charge in [0.1, 0.15) is 11.9 Å². The molecule has 0 spiro atoms. The first-order chi connectivity index (χ1) is 14.7. The standard InChI is InChI=1S/C22H36FN3O5S/c1-6-7-12-22(29,21(24)28)18(13-14(2)3)25-20(27)19(15(4)5)26-32(30,31)17-10-8-16(23)9-11-17/h8-11,14-15,18-19,26,29H,6-7,12-13H2,1-5H3,(H2,24,28)(H,25,27)/t18-,19-,22?/m0/s1. The minimum atomic E-state index is -4.12. The minimum Gasteiger partial charge on any atom is -0.378 e. The molecule has 0 saturated heterocycles. The van der Waals surface area contributed by atoms with Gasteiger partial charge in [-0.1, -0.05) is 47.5 Å². The van der Waals surface area contributed by atoms with E-state index in [-0.39, 0.29) is 23.7 Å². The SMILES string of the molecule is CCCCC(O)(C(N)=O)[C@H](CC(C)C)NC(=O)[C@@H](NS(=O)(=O)c1ccc(F)cc1)C(C)C. The third kappa shape index (κ3) is 7.53. The number of rotatable bonds is 13. The van der Waals surface area contributed by atoms with Crippen molar-refractivity contribution in [2.45, 2.75) is 82.9 Å². The zero-order chi connectivity index (χ0) is 24.7. The van der Waals surface area contributed by atoms with Crippen LogP contribution in [0.2, 0.25) is 0 Å². The van der Waals surface area contributed by atoms with E-state index < -0.39 is 51.3 Å². The van der Waals surface area contributed by atoms with Gasteiger partial charge in [-0.25, -0.2) is 12.8 Å². The van der Waals surface area contributed by atoms with Gasteiger partial charge < -0.3 is 16.2 Å². The molecule has 0 aliphatic rings. The van der Waals surface area contributed by atoms with Crippen LogP contribution >= 0.6 is 0 Å². The molecule has 8 nitrogen and oxygen atoms in total. The number of sulfonamides is 1. The average molecular weight is 474 g/mol. The van der Waals surface area contributed by atoms with Crippen molar-refractivity contribution in [3.63, 3.8) is 0 Å². The third-order valence-electron chi connectivity index (χ3n) is 5.29. The molecule has 10 heteroatoms. The van der Waals surface area contributed by atoms with Crippen molar-refractivity contribution >= 4 is 21.8 Å². The lowest BCUT2D eigenvalue weighted by molar-refractivity contribution is -0.143.